The van der Waals surface area contributed by atoms with E-state index in [1.807, 2.05) is 45.0 Å². The number of carbonyl (C=O) groups excluding carboxylic acids is 1. The molecule has 5 nitrogen and oxygen atoms in total. The fraction of sp³-hybridized carbons (Fsp3) is 0.562. The second-order valence-corrected chi connectivity index (χ2v) is 5.28. The summed E-state index contributed by atoms with van der Waals surface area (Å²) in [5, 5.41) is 2.91. The highest BCUT2D eigenvalue weighted by Gasteiger charge is 2.23. The number of benzene rings is 1. The largest absolute Gasteiger partial charge is 0.496 e. The zero-order chi connectivity index (χ0) is 15.8. The van der Waals surface area contributed by atoms with E-state index >= 15 is 0 Å². The number of likely N-dealkylation sites (N-methyl/N-ethyl adjacent to an activating group) is 1. The van der Waals surface area contributed by atoms with Gasteiger partial charge in [0, 0.05) is 18.2 Å². The number of amides is 1. The Kier molecular flexibility index (Phi) is 7.19. The molecule has 0 spiro atoms. The van der Waals surface area contributed by atoms with Crippen molar-refractivity contribution in [1.29, 1.82) is 0 Å². The van der Waals surface area contributed by atoms with Crippen molar-refractivity contribution in [2.45, 2.75) is 32.9 Å². The van der Waals surface area contributed by atoms with Crippen LogP contribution in [0.3, 0.4) is 0 Å². The molecule has 118 valence electrons. The van der Waals surface area contributed by atoms with E-state index < -0.39 is 0 Å². The van der Waals surface area contributed by atoms with Crippen molar-refractivity contribution in [2.75, 3.05) is 26.7 Å². The first-order valence-corrected chi connectivity index (χ1v) is 7.39. The maximum Gasteiger partial charge on any atom is 0.234 e. The molecule has 0 saturated carbocycles. The molecule has 1 unspecified atom stereocenters. The van der Waals surface area contributed by atoms with Crippen molar-refractivity contribution in [2.24, 2.45) is 5.73 Å². The summed E-state index contributed by atoms with van der Waals surface area (Å²) in [7, 11) is 1.65. The standard InChI is InChI=1S/C16H27N3O2/c1-5-19(11-16(20)18-12(2)3)14(10-17)13-8-6-7-9-15(13)21-4/h6-9,12,14H,5,10-11,17H2,1-4H3,(H,18,20). The molecule has 3 N–H and O–H groups in total. The van der Waals surface area contributed by atoms with E-state index in [1.54, 1.807) is 7.11 Å². The molecule has 1 amide bonds. The first-order chi connectivity index (χ1) is 10.0. The molecular formula is C16H27N3O2. The molecular weight excluding hydrogens is 266 g/mol. The lowest BCUT2D eigenvalue weighted by molar-refractivity contribution is -0.123. The molecule has 1 rings (SSSR count). The second kappa shape index (κ2) is 8.64. The Morgan fingerprint density at radius 3 is 2.57 bits per heavy atom. The van der Waals surface area contributed by atoms with E-state index in [0.29, 0.717) is 13.1 Å². The Balaban J connectivity index is 2.91. The molecule has 1 aromatic rings. The number of rotatable bonds is 8. The van der Waals surface area contributed by atoms with Crippen LogP contribution in [-0.2, 0) is 4.79 Å². The van der Waals surface area contributed by atoms with Gasteiger partial charge in [-0.2, -0.15) is 0 Å². The Hall–Kier alpha value is -1.59. The maximum atomic E-state index is 12.0. The van der Waals surface area contributed by atoms with E-state index in [-0.39, 0.29) is 18.0 Å². The number of methoxy groups -OCH3 is 1. The lowest BCUT2D eigenvalue weighted by Crippen LogP contribution is -2.43. The van der Waals surface area contributed by atoms with Gasteiger partial charge in [0.2, 0.25) is 5.91 Å². The number of ether oxygens (including phenoxy) is 1. The van der Waals surface area contributed by atoms with Gasteiger partial charge in [0.15, 0.2) is 0 Å². The predicted octanol–water partition coefficient (Wildman–Crippen LogP) is 1.54. The smallest absolute Gasteiger partial charge is 0.234 e. The minimum absolute atomic E-state index is 0.0141. The first kappa shape index (κ1) is 17.5. The molecule has 0 bridgehead atoms. The average Bonchev–Trinajstić information content (AvgIpc) is 2.46. The minimum atomic E-state index is -0.0379. The summed E-state index contributed by atoms with van der Waals surface area (Å²) in [6, 6.07) is 7.91. The molecule has 5 heteroatoms. The van der Waals surface area contributed by atoms with Crippen molar-refractivity contribution < 1.29 is 9.53 Å². The van der Waals surface area contributed by atoms with Crippen LogP contribution >= 0.6 is 0 Å². The van der Waals surface area contributed by atoms with Gasteiger partial charge in [0.1, 0.15) is 5.75 Å². The van der Waals surface area contributed by atoms with Crippen LogP contribution in [0.25, 0.3) is 0 Å². The highest BCUT2D eigenvalue weighted by Crippen LogP contribution is 2.28. The Labute approximate surface area is 127 Å². The second-order valence-electron chi connectivity index (χ2n) is 5.28. The highest BCUT2D eigenvalue weighted by molar-refractivity contribution is 5.78. The Morgan fingerprint density at radius 2 is 2.05 bits per heavy atom. The van der Waals surface area contributed by atoms with Crippen molar-refractivity contribution in [3.63, 3.8) is 0 Å². The third-order valence-electron chi connectivity index (χ3n) is 3.36. The Morgan fingerprint density at radius 1 is 1.38 bits per heavy atom. The number of carbonyl (C=O) groups is 1. The van der Waals surface area contributed by atoms with Crippen LogP contribution < -0.4 is 15.8 Å². The van der Waals surface area contributed by atoms with Gasteiger partial charge in [-0.05, 0) is 26.5 Å². The first-order valence-electron chi connectivity index (χ1n) is 7.39. The summed E-state index contributed by atoms with van der Waals surface area (Å²) < 4.78 is 5.41. The molecule has 21 heavy (non-hydrogen) atoms. The highest BCUT2D eigenvalue weighted by atomic mass is 16.5. The summed E-state index contributed by atoms with van der Waals surface area (Å²) in [6.07, 6.45) is 0. The van der Waals surface area contributed by atoms with E-state index in [9.17, 15) is 4.79 Å². The van der Waals surface area contributed by atoms with Crippen LogP contribution in [0, 0.1) is 0 Å². The molecule has 0 aliphatic rings. The van der Waals surface area contributed by atoms with Crippen LogP contribution in [0.2, 0.25) is 0 Å². The molecule has 1 aromatic carbocycles. The van der Waals surface area contributed by atoms with Crippen molar-refractivity contribution in [3.05, 3.63) is 29.8 Å². The molecule has 0 heterocycles. The molecule has 0 radical (unpaired) electrons. The van der Waals surface area contributed by atoms with Gasteiger partial charge in [0.25, 0.3) is 0 Å². The van der Waals surface area contributed by atoms with Gasteiger partial charge >= 0.3 is 0 Å². The predicted molar refractivity (Wildman–Crippen MR) is 85.3 cm³/mol. The number of nitrogens with zero attached hydrogens (tertiary/aromatic N) is 1. The number of hydrogen-bond donors (Lipinski definition) is 2. The third kappa shape index (κ3) is 5.02. The van der Waals surface area contributed by atoms with Crippen LogP contribution in [0.5, 0.6) is 5.75 Å². The van der Waals surface area contributed by atoms with Crippen LogP contribution in [0.4, 0.5) is 0 Å². The van der Waals surface area contributed by atoms with Crippen LogP contribution in [0.15, 0.2) is 24.3 Å². The molecule has 0 fully saturated rings. The lowest BCUT2D eigenvalue weighted by Gasteiger charge is -2.30. The normalized spacial score (nSPS) is 12.5. The van der Waals surface area contributed by atoms with Gasteiger partial charge in [-0.15, -0.1) is 0 Å². The minimum Gasteiger partial charge on any atom is -0.496 e. The quantitative estimate of drug-likeness (QED) is 0.763. The van der Waals surface area contributed by atoms with Crippen LogP contribution in [-0.4, -0.2) is 43.6 Å². The van der Waals surface area contributed by atoms with E-state index in [0.717, 1.165) is 17.9 Å². The van der Waals surface area contributed by atoms with Gasteiger partial charge in [0.05, 0.1) is 19.7 Å². The lowest BCUT2D eigenvalue weighted by atomic mass is 10.0. The molecule has 1 atom stereocenters. The van der Waals surface area contributed by atoms with Crippen molar-refractivity contribution >= 4 is 5.91 Å². The summed E-state index contributed by atoms with van der Waals surface area (Å²) in [6.45, 7) is 7.44. The maximum absolute atomic E-state index is 12.0. The van der Waals surface area contributed by atoms with Gasteiger partial charge in [-0.25, -0.2) is 0 Å². The Bertz CT molecular complexity index is 449. The van der Waals surface area contributed by atoms with E-state index in [2.05, 4.69) is 10.2 Å². The molecule has 0 aromatic heterocycles. The fourth-order valence-corrected chi connectivity index (χ4v) is 2.41. The number of nitrogens with two attached hydrogens (primary N) is 1. The molecule has 0 aliphatic heterocycles. The summed E-state index contributed by atoms with van der Waals surface area (Å²) in [5.74, 6) is 0.816. The monoisotopic (exact) mass is 293 g/mol. The summed E-state index contributed by atoms with van der Waals surface area (Å²) >= 11 is 0. The number of para-hydroxylation sites is 1. The van der Waals surface area contributed by atoms with E-state index in [1.165, 1.54) is 0 Å². The summed E-state index contributed by atoms with van der Waals surface area (Å²) in [4.78, 5) is 14.1. The zero-order valence-electron chi connectivity index (χ0n) is 13.4. The average molecular weight is 293 g/mol. The topological polar surface area (TPSA) is 67.6 Å². The van der Waals surface area contributed by atoms with E-state index in [4.69, 9.17) is 10.5 Å². The number of nitrogens with one attached hydrogen (secondary N) is 1. The molecule has 0 saturated heterocycles. The molecule has 0 aliphatic carbocycles. The summed E-state index contributed by atoms with van der Waals surface area (Å²) in [5.41, 5.74) is 6.97. The van der Waals surface area contributed by atoms with Crippen molar-refractivity contribution in [3.8, 4) is 5.75 Å². The SMILES string of the molecule is CCN(CC(=O)NC(C)C)C(CN)c1ccccc1OC. The number of hydrogen-bond acceptors (Lipinski definition) is 4. The fourth-order valence-electron chi connectivity index (χ4n) is 2.41. The van der Waals surface area contributed by atoms with Gasteiger partial charge in [-0.1, -0.05) is 25.1 Å². The van der Waals surface area contributed by atoms with Gasteiger partial charge in [-0.3, -0.25) is 9.69 Å². The third-order valence-corrected chi connectivity index (χ3v) is 3.36. The van der Waals surface area contributed by atoms with Crippen LogP contribution in [0.1, 0.15) is 32.4 Å². The van der Waals surface area contributed by atoms with Gasteiger partial charge < -0.3 is 15.8 Å². The van der Waals surface area contributed by atoms with Crippen molar-refractivity contribution in [1.82, 2.24) is 10.2 Å². The zero-order valence-corrected chi connectivity index (χ0v) is 13.4.